The fraction of sp³-hybridized carbons (Fsp3) is 0.222. The molecule has 0 fully saturated rings. The predicted octanol–water partition coefficient (Wildman–Crippen LogP) is 4.82. The number of carbonyl (C=O) groups excluding carboxylic acids is 2. The topological polar surface area (TPSA) is 114 Å². The minimum absolute atomic E-state index is 0.0631. The third kappa shape index (κ3) is 8.63. The monoisotopic (exact) mass is 585 g/mol. The van der Waals surface area contributed by atoms with Crippen LogP contribution in [-0.4, -0.2) is 32.6 Å². The van der Waals surface area contributed by atoms with Crippen molar-refractivity contribution in [2.45, 2.75) is 38.1 Å². The molecule has 3 aromatic rings. The van der Waals surface area contributed by atoms with Crippen molar-refractivity contribution in [3.8, 4) is 5.75 Å². The molecule has 0 aliphatic rings. The van der Waals surface area contributed by atoms with Crippen LogP contribution in [0.25, 0.3) is 0 Å². The second-order valence-electron chi connectivity index (χ2n) is 8.82. The fourth-order valence-electron chi connectivity index (χ4n) is 3.28. The maximum atomic E-state index is 12.8. The zero-order chi connectivity index (χ0) is 27.0. The first-order valence-electron chi connectivity index (χ1n) is 11.5. The second-order valence-corrected chi connectivity index (χ2v) is 11.4. The summed E-state index contributed by atoms with van der Waals surface area (Å²) >= 11 is 3.32. The number of hydrogen-bond donors (Lipinski definition) is 2. The number of benzene rings is 3. The zero-order valence-corrected chi connectivity index (χ0v) is 23.0. The Morgan fingerprint density at radius 2 is 1.59 bits per heavy atom. The van der Waals surface area contributed by atoms with Crippen LogP contribution >= 0.6 is 15.9 Å². The van der Waals surface area contributed by atoms with Crippen molar-refractivity contribution in [2.75, 3.05) is 0 Å². The predicted molar refractivity (Wildman–Crippen MR) is 146 cm³/mol. The van der Waals surface area contributed by atoms with E-state index in [-0.39, 0.29) is 10.8 Å². The molecule has 2 N–H and O–H groups in total. The van der Waals surface area contributed by atoms with Gasteiger partial charge in [0.25, 0.3) is 5.91 Å². The summed E-state index contributed by atoms with van der Waals surface area (Å²) < 4.78 is 34.3. The molecule has 0 aromatic heterocycles. The van der Waals surface area contributed by atoms with E-state index in [1.54, 1.807) is 60.7 Å². The lowest BCUT2D eigenvalue weighted by Crippen LogP contribution is -2.46. The highest BCUT2D eigenvalue weighted by molar-refractivity contribution is 9.10. The number of halogens is 1. The van der Waals surface area contributed by atoms with Gasteiger partial charge in [-0.3, -0.25) is 4.79 Å². The molecule has 10 heteroatoms. The SMILES string of the molecule is Cc1ccc(S(=O)(=O)N[C@H](CC(C)C)C(=O)N/N=C\c2ccc(OC(=O)c3ccc(Br)cc3)cc2)cc1. The van der Waals surface area contributed by atoms with E-state index in [4.69, 9.17) is 4.74 Å². The minimum Gasteiger partial charge on any atom is -0.423 e. The van der Waals surface area contributed by atoms with Gasteiger partial charge in [-0.25, -0.2) is 18.6 Å². The smallest absolute Gasteiger partial charge is 0.343 e. The number of nitrogens with zero attached hydrogens (tertiary/aromatic N) is 1. The lowest BCUT2D eigenvalue weighted by atomic mass is 10.0. The van der Waals surface area contributed by atoms with Gasteiger partial charge in [-0.1, -0.05) is 47.5 Å². The van der Waals surface area contributed by atoms with Crippen LogP contribution in [0.5, 0.6) is 5.75 Å². The Balaban J connectivity index is 1.60. The maximum Gasteiger partial charge on any atom is 0.343 e. The van der Waals surface area contributed by atoms with Gasteiger partial charge < -0.3 is 4.74 Å². The highest BCUT2D eigenvalue weighted by Gasteiger charge is 2.26. The summed E-state index contributed by atoms with van der Waals surface area (Å²) in [7, 11) is -3.89. The number of esters is 1. The molecule has 0 spiro atoms. The van der Waals surface area contributed by atoms with Crippen LogP contribution in [0.3, 0.4) is 0 Å². The third-order valence-electron chi connectivity index (χ3n) is 5.21. The Kier molecular flexibility index (Phi) is 9.73. The molecule has 0 heterocycles. The molecular weight excluding hydrogens is 558 g/mol. The molecule has 3 rings (SSSR count). The number of hydrazone groups is 1. The molecule has 0 bridgehead atoms. The van der Waals surface area contributed by atoms with E-state index in [0.717, 1.165) is 10.0 Å². The van der Waals surface area contributed by atoms with Crippen molar-refractivity contribution in [1.29, 1.82) is 0 Å². The number of hydrogen-bond acceptors (Lipinski definition) is 6. The Morgan fingerprint density at radius 3 is 2.19 bits per heavy atom. The highest BCUT2D eigenvalue weighted by Crippen LogP contribution is 2.16. The van der Waals surface area contributed by atoms with E-state index in [9.17, 15) is 18.0 Å². The summed E-state index contributed by atoms with van der Waals surface area (Å²) in [4.78, 5) is 25.1. The van der Waals surface area contributed by atoms with Gasteiger partial charge in [0, 0.05) is 4.47 Å². The van der Waals surface area contributed by atoms with Crippen LogP contribution < -0.4 is 14.9 Å². The molecule has 0 aliphatic heterocycles. The number of ether oxygens (including phenoxy) is 1. The van der Waals surface area contributed by atoms with Crippen molar-refractivity contribution in [2.24, 2.45) is 11.0 Å². The number of sulfonamides is 1. The van der Waals surface area contributed by atoms with E-state index < -0.39 is 27.9 Å². The molecule has 0 aliphatic carbocycles. The van der Waals surface area contributed by atoms with Crippen molar-refractivity contribution in [1.82, 2.24) is 10.1 Å². The molecular formula is C27H28BrN3O5S. The van der Waals surface area contributed by atoms with Gasteiger partial charge in [0.2, 0.25) is 10.0 Å². The molecule has 1 atom stereocenters. The maximum absolute atomic E-state index is 12.8. The number of aryl methyl sites for hydroxylation is 1. The average molecular weight is 587 g/mol. The van der Waals surface area contributed by atoms with Gasteiger partial charge in [0.05, 0.1) is 16.7 Å². The van der Waals surface area contributed by atoms with Gasteiger partial charge >= 0.3 is 5.97 Å². The molecule has 8 nitrogen and oxygen atoms in total. The van der Waals surface area contributed by atoms with Crippen LogP contribution in [0.4, 0.5) is 0 Å². The van der Waals surface area contributed by atoms with Crippen LogP contribution in [0.15, 0.2) is 87.3 Å². The lowest BCUT2D eigenvalue weighted by Gasteiger charge is -2.19. The quantitative estimate of drug-likeness (QED) is 0.153. The summed E-state index contributed by atoms with van der Waals surface area (Å²) in [6, 6.07) is 18.8. The van der Waals surface area contributed by atoms with E-state index in [0.29, 0.717) is 23.3 Å². The number of rotatable bonds is 10. The molecule has 194 valence electrons. The number of amides is 1. The van der Waals surface area contributed by atoms with Gasteiger partial charge in [-0.05, 0) is 85.5 Å². The first-order valence-corrected chi connectivity index (χ1v) is 13.8. The molecule has 0 saturated carbocycles. The first kappa shape index (κ1) is 28.2. The lowest BCUT2D eigenvalue weighted by molar-refractivity contribution is -0.123. The van der Waals surface area contributed by atoms with Crippen molar-refractivity contribution >= 4 is 44.0 Å². The molecule has 1 amide bonds. The van der Waals surface area contributed by atoms with E-state index >= 15 is 0 Å². The standard InChI is InChI=1S/C27H28BrN3O5S/c1-18(2)16-25(31-37(34,35)24-14-4-19(3)5-15-24)26(32)30-29-17-20-6-12-23(13-7-20)36-27(33)21-8-10-22(28)11-9-21/h4-15,17-18,25,31H,16H2,1-3H3,(H,30,32)/b29-17-/t25-/m1/s1. The van der Waals surface area contributed by atoms with Crippen LogP contribution in [0.2, 0.25) is 0 Å². The summed E-state index contributed by atoms with van der Waals surface area (Å²) in [5.41, 5.74) is 4.40. The summed E-state index contributed by atoms with van der Waals surface area (Å²) in [6.07, 6.45) is 1.71. The molecule has 0 radical (unpaired) electrons. The van der Waals surface area contributed by atoms with Crippen molar-refractivity contribution in [3.63, 3.8) is 0 Å². The summed E-state index contributed by atoms with van der Waals surface area (Å²) in [5.74, 6) is -0.629. The molecule has 0 unspecified atom stereocenters. The largest absolute Gasteiger partial charge is 0.423 e. The minimum atomic E-state index is -3.89. The van der Waals surface area contributed by atoms with Crippen molar-refractivity contribution < 1.29 is 22.7 Å². The highest BCUT2D eigenvalue weighted by atomic mass is 79.9. The summed E-state index contributed by atoms with van der Waals surface area (Å²) in [6.45, 7) is 5.66. The van der Waals surface area contributed by atoms with Crippen LogP contribution in [-0.2, 0) is 14.8 Å². The molecule has 37 heavy (non-hydrogen) atoms. The Hall–Kier alpha value is -3.34. The zero-order valence-electron chi connectivity index (χ0n) is 20.6. The number of nitrogens with one attached hydrogen (secondary N) is 2. The van der Waals surface area contributed by atoms with E-state index in [1.807, 2.05) is 20.8 Å². The fourth-order valence-corrected chi connectivity index (χ4v) is 4.75. The first-order chi connectivity index (χ1) is 17.5. The van der Waals surface area contributed by atoms with Gasteiger partial charge in [0.1, 0.15) is 11.8 Å². The Labute approximate surface area is 225 Å². The van der Waals surface area contributed by atoms with Gasteiger partial charge in [0.15, 0.2) is 0 Å². The second kappa shape index (κ2) is 12.8. The van der Waals surface area contributed by atoms with Crippen LogP contribution in [0.1, 0.15) is 41.8 Å². The Morgan fingerprint density at radius 1 is 0.973 bits per heavy atom. The average Bonchev–Trinajstić information content (AvgIpc) is 2.85. The van der Waals surface area contributed by atoms with Gasteiger partial charge in [-0.15, -0.1) is 0 Å². The van der Waals surface area contributed by atoms with E-state index in [2.05, 4.69) is 31.2 Å². The molecule has 3 aromatic carbocycles. The van der Waals surface area contributed by atoms with E-state index in [1.165, 1.54) is 18.3 Å². The molecule has 0 saturated heterocycles. The van der Waals surface area contributed by atoms with Crippen LogP contribution in [0, 0.1) is 12.8 Å². The third-order valence-corrected chi connectivity index (χ3v) is 7.23. The van der Waals surface area contributed by atoms with Crippen molar-refractivity contribution in [3.05, 3.63) is 94.0 Å². The Bertz CT molecular complexity index is 1350. The van der Waals surface area contributed by atoms with Gasteiger partial charge in [-0.2, -0.15) is 9.82 Å². The summed E-state index contributed by atoms with van der Waals surface area (Å²) in [5, 5.41) is 3.96. The normalized spacial score (nSPS) is 12.5. The number of carbonyl (C=O) groups is 2.